The van der Waals surface area contributed by atoms with Gasteiger partial charge in [0.15, 0.2) is 0 Å². The van der Waals surface area contributed by atoms with E-state index >= 15 is 0 Å². The molecule has 0 saturated heterocycles. The second kappa shape index (κ2) is 7.38. The van der Waals surface area contributed by atoms with Crippen LogP contribution in [-0.4, -0.2) is 21.5 Å². The number of carboxylic acids is 1. The van der Waals surface area contributed by atoms with Gasteiger partial charge in [0.2, 0.25) is 0 Å². The van der Waals surface area contributed by atoms with Crippen LogP contribution in [0.5, 0.6) is 0 Å². The minimum absolute atomic E-state index is 0.152. The van der Waals surface area contributed by atoms with Crippen LogP contribution in [-0.2, 0) is 16.2 Å². The van der Waals surface area contributed by atoms with E-state index < -0.39 is 11.4 Å². The molecule has 2 atom stereocenters. The van der Waals surface area contributed by atoms with E-state index in [2.05, 4.69) is 28.1 Å². The lowest BCUT2D eigenvalue weighted by molar-refractivity contribution is -0.152. The van der Waals surface area contributed by atoms with Gasteiger partial charge in [-0.1, -0.05) is 65.8 Å². The van der Waals surface area contributed by atoms with Crippen molar-refractivity contribution in [3.8, 4) is 0 Å². The molecule has 0 bridgehead atoms. The Morgan fingerprint density at radius 2 is 2.15 bits per heavy atom. The molecule has 1 saturated carbocycles. The Balaban J connectivity index is 1.85. The van der Waals surface area contributed by atoms with Gasteiger partial charge in [-0.2, -0.15) is 0 Å². The average Bonchev–Trinajstić information content (AvgIpc) is 2.46. The highest BCUT2D eigenvalue weighted by molar-refractivity contribution is 14.1. The van der Waals surface area contributed by atoms with Gasteiger partial charge in [0, 0.05) is 10.5 Å². The van der Waals surface area contributed by atoms with Gasteiger partial charge in [0.25, 0.3) is 0 Å². The third-order valence-corrected chi connectivity index (χ3v) is 5.74. The molecule has 0 radical (unpaired) electrons. The number of hydroxylamine groups is 1. The number of halogens is 1. The van der Waals surface area contributed by atoms with Crippen LogP contribution >= 0.6 is 22.6 Å². The molecule has 1 aromatic rings. The zero-order valence-electron chi connectivity index (χ0n) is 11.3. The Hall–Kier alpha value is -0.660. The fourth-order valence-corrected chi connectivity index (χ4v) is 3.84. The number of rotatable bonds is 6. The fourth-order valence-electron chi connectivity index (χ4n) is 2.60. The molecule has 0 aliphatic heterocycles. The molecular weight excluding hydrogens is 369 g/mol. The monoisotopic (exact) mass is 389 g/mol. The summed E-state index contributed by atoms with van der Waals surface area (Å²) in [6.45, 7) is 0.811. The molecule has 1 aromatic carbocycles. The zero-order chi connectivity index (χ0) is 14.4. The van der Waals surface area contributed by atoms with Crippen LogP contribution in [0, 0.1) is 5.41 Å². The van der Waals surface area contributed by atoms with E-state index in [9.17, 15) is 9.90 Å². The second-order valence-corrected chi connectivity index (χ2v) is 6.77. The molecular formula is C15H20INO3. The minimum Gasteiger partial charge on any atom is -0.481 e. The van der Waals surface area contributed by atoms with Crippen LogP contribution in [0.15, 0.2) is 30.3 Å². The van der Waals surface area contributed by atoms with Crippen molar-refractivity contribution in [2.75, 3.05) is 6.54 Å². The SMILES string of the molecule is O=C(O)C1(CNOCc2ccccc2)CCCCC1I. The van der Waals surface area contributed by atoms with Gasteiger partial charge in [-0.25, -0.2) is 5.48 Å². The van der Waals surface area contributed by atoms with Gasteiger partial charge in [-0.3, -0.25) is 9.63 Å². The Morgan fingerprint density at radius 1 is 1.40 bits per heavy atom. The summed E-state index contributed by atoms with van der Waals surface area (Å²) in [6.07, 6.45) is 3.78. The maximum absolute atomic E-state index is 11.7. The molecule has 0 heterocycles. The van der Waals surface area contributed by atoms with Crippen molar-refractivity contribution in [3.63, 3.8) is 0 Å². The summed E-state index contributed by atoms with van der Waals surface area (Å²) in [4.78, 5) is 17.1. The van der Waals surface area contributed by atoms with E-state index in [0.717, 1.165) is 31.2 Å². The van der Waals surface area contributed by atoms with Crippen LogP contribution in [0.1, 0.15) is 31.2 Å². The van der Waals surface area contributed by atoms with Crippen molar-refractivity contribution >= 4 is 28.6 Å². The highest BCUT2D eigenvalue weighted by Gasteiger charge is 2.46. The number of hydrogen-bond donors (Lipinski definition) is 2. The van der Waals surface area contributed by atoms with E-state index in [4.69, 9.17) is 4.84 Å². The third kappa shape index (κ3) is 3.71. The minimum atomic E-state index is -0.715. The van der Waals surface area contributed by atoms with Gasteiger partial charge in [-0.05, 0) is 18.4 Å². The first-order valence-electron chi connectivity index (χ1n) is 6.91. The van der Waals surface area contributed by atoms with Crippen molar-refractivity contribution in [2.45, 2.75) is 36.2 Å². The summed E-state index contributed by atoms with van der Waals surface area (Å²) in [5, 5.41) is 9.58. The summed E-state index contributed by atoms with van der Waals surface area (Å²) in [5.74, 6) is -0.715. The predicted octanol–water partition coefficient (Wildman–Crippen LogP) is 3.16. The number of nitrogens with one attached hydrogen (secondary N) is 1. The number of benzene rings is 1. The molecule has 4 nitrogen and oxygen atoms in total. The highest BCUT2D eigenvalue weighted by Crippen LogP contribution is 2.41. The highest BCUT2D eigenvalue weighted by atomic mass is 127. The van der Waals surface area contributed by atoms with Crippen LogP contribution < -0.4 is 5.48 Å². The van der Waals surface area contributed by atoms with Crippen molar-refractivity contribution < 1.29 is 14.7 Å². The summed E-state index contributed by atoms with van der Waals surface area (Å²) < 4.78 is 0.152. The Morgan fingerprint density at radius 3 is 2.80 bits per heavy atom. The molecule has 20 heavy (non-hydrogen) atoms. The summed E-state index contributed by atoms with van der Waals surface area (Å²) in [6, 6.07) is 9.84. The van der Waals surface area contributed by atoms with Gasteiger partial charge in [-0.15, -0.1) is 0 Å². The van der Waals surface area contributed by atoms with Crippen LogP contribution in [0.2, 0.25) is 0 Å². The number of carboxylic acid groups (broad SMARTS) is 1. The van der Waals surface area contributed by atoms with Crippen LogP contribution in [0.3, 0.4) is 0 Å². The van der Waals surface area contributed by atoms with Crippen molar-refractivity contribution in [1.82, 2.24) is 5.48 Å². The van der Waals surface area contributed by atoms with E-state index in [1.165, 1.54) is 0 Å². The fraction of sp³-hybridized carbons (Fsp3) is 0.533. The predicted molar refractivity (Wildman–Crippen MR) is 85.6 cm³/mol. The molecule has 1 aliphatic rings. The first-order valence-corrected chi connectivity index (χ1v) is 8.16. The van der Waals surface area contributed by atoms with Crippen molar-refractivity contribution in [3.05, 3.63) is 35.9 Å². The standard InChI is InChI=1S/C15H20INO3/c16-13-8-4-5-9-15(13,14(18)19)11-17-20-10-12-6-2-1-3-7-12/h1-3,6-7,13,17H,4-5,8-11H2,(H,18,19). The van der Waals surface area contributed by atoms with E-state index in [-0.39, 0.29) is 3.92 Å². The first kappa shape index (κ1) is 15.7. The number of carbonyl (C=O) groups is 1. The maximum atomic E-state index is 11.7. The van der Waals surface area contributed by atoms with E-state index in [0.29, 0.717) is 13.2 Å². The molecule has 0 amide bonds. The van der Waals surface area contributed by atoms with Crippen molar-refractivity contribution in [1.29, 1.82) is 0 Å². The Kier molecular flexibility index (Phi) is 5.80. The molecule has 2 N–H and O–H groups in total. The molecule has 2 unspecified atom stereocenters. The molecule has 5 heteroatoms. The van der Waals surface area contributed by atoms with Crippen LogP contribution in [0.4, 0.5) is 0 Å². The normalized spacial score (nSPS) is 26.4. The summed E-state index contributed by atoms with van der Waals surface area (Å²) in [7, 11) is 0. The lowest BCUT2D eigenvalue weighted by Gasteiger charge is -2.37. The van der Waals surface area contributed by atoms with Crippen molar-refractivity contribution in [2.24, 2.45) is 5.41 Å². The number of alkyl halides is 1. The molecule has 110 valence electrons. The molecule has 0 spiro atoms. The number of hydrogen-bond acceptors (Lipinski definition) is 3. The summed E-state index contributed by atoms with van der Waals surface area (Å²) in [5.41, 5.74) is 3.24. The quantitative estimate of drug-likeness (QED) is 0.340. The Labute approximate surface area is 133 Å². The van der Waals surface area contributed by atoms with Gasteiger partial charge < -0.3 is 5.11 Å². The Bertz CT molecular complexity index is 440. The lowest BCUT2D eigenvalue weighted by Crippen LogP contribution is -2.49. The van der Waals surface area contributed by atoms with E-state index in [1.54, 1.807) is 0 Å². The first-order chi connectivity index (χ1) is 9.65. The average molecular weight is 389 g/mol. The smallest absolute Gasteiger partial charge is 0.312 e. The zero-order valence-corrected chi connectivity index (χ0v) is 13.5. The largest absolute Gasteiger partial charge is 0.481 e. The molecule has 1 fully saturated rings. The molecule has 0 aromatic heterocycles. The van der Waals surface area contributed by atoms with Gasteiger partial charge >= 0.3 is 5.97 Å². The van der Waals surface area contributed by atoms with E-state index in [1.807, 2.05) is 30.3 Å². The van der Waals surface area contributed by atoms with Gasteiger partial charge in [0.05, 0.1) is 12.0 Å². The lowest BCUT2D eigenvalue weighted by atomic mass is 9.74. The molecule has 2 rings (SSSR count). The topological polar surface area (TPSA) is 58.6 Å². The van der Waals surface area contributed by atoms with Gasteiger partial charge in [0.1, 0.15) is 0 Å². The molecule has 1 aliphatic carbocycles. The second-order valence-electron chi connectivity index (χ2n) is 5.27. The third-order valence-electron chi connectivity index (χ3n) is 3.93. The number of aliphatic carboxylic acids is 1. The maximum Gasteiger partial charge on any atom is 0.312 e. The summed E-state index contributed by atoms with van der Waals surface area (Å²) >= 11 is 2.27. The van der Waals surface area contributed by atoms with Crippen LogP contribution in [0.25, 0.3) is 0 Å².